The van der Waals surface area contributed by atoms with E-state index in [4.69, 9.17) is 16.0 Å². The number of nitrogens with zero attached hydrogens (tertiary/aromatic N) is 2. The summed E-state index contributed by atoms with van der Waals surface area (Å²) in [5.41, 5.74) is 0. The summed E-state index contributed by atoms with van der Waals surface area (Å²) in [6.07, 6.45) is 3.10. The van der Waals surface area contributed by atoms with Crippen LogP contribution in [0.4, 0.5) is 6.01 Å². The molecule has 5 heteroatoms. The number of nitrogens with one attached hydrogen (secondary N) is 1. The lowest BCUT2D eigenvalue weighted by Gasteiger charge is -2.33. The number of hydrogen-bond donors (Lipinski definition) is 1. The van der Waals surface area contributed by atoms with Crippen LogP contribution < -0.4 is 5.32 Å². The molecule has 14 heavy (non-hydrogen) atoms. The van der Waals surface area contributed by atoms with Crippen molar-refractivity contribution in [1.82, 2.24) is 10.2 Å². The molecule has 1 N–H and O–H groups in total. The number of halogens is 1. The highest BCUT2D eigenvalue weighted by Gasteiger charge is 2.27. The molecule has 1 aliphatic rings. The summed E-state index contributed by atoms with van der Waals surface area (Å²) in [5.74, 6) is 1.83. The Kier molecular flexibility index (Phi) is 2.91. The van der Waals surface area contributed by atoms with Gasteiger partial charge in [-0.05, 0) is 18.8 Å². The largest absolute Gasteiger partial charge is 0.408 e. The molecule has 0 bridgehead atoms. The third-order valence-corrected chi connectivity index (χ3v) is 2.89. The molecule has 1 fully saturated rings. The van der Waals surface area contributed by atoms with Gasteiger partial charge in [0.25, 0.3) is 0 Å². The second kappa shape index (κ2) is 4.17. The fourth-order valence-corrected chi connectivity index (χ4v) is 1.70. The molecule has 1 aromatic rings. The van der Waals surface area contributed by atoms with E-state index in [1.54, 1.807) is 0 Å². The van der Waals surface area contributed by atoms with Crippen molar-refractivity contribution in [3.63, 3.8) is 0 Å². The molecule has 2 rings (SSSR count). The number of aryl methyl sites for hydroxylation is 1. The maximum absolute atomic E-state index is 5.56. The lowest BCUT2D eigenvalue weighted by molar-refractivity contribution is 0.297. The number of aromatic nitrogens is 2. The molecule has 0 aliphatic heterocycles. The number of rotatable bonds is 4. The second-order valence-electron chi connectivity index (χ2n) is 3.75. The van der Waals surface area contributed by atoms with Crippen LogP contribution in [0.15, 0.2) is 4.42 Å². The van der Waals surface area contributed by atoms with Crippen molar-refractivity contribution >= 4 is 17.6 Å². The van der Waals surface area contributed by atoms with Gasteiger partial charge < -0.3 is 9.73 Å². The van der Waals surface area contributed by atoms with Crippen LogP contribution in [0.25, 0.3) is 0 Å². The molecule has 1 saturated carbocycles. The van der Waals surface area contributed by atoms with Gasteiger partial charge in [0.05, 0.1) is 0 Å². The van der Waals surface area contributed by atoms with Crippen molar-refractivity contribution in [3.05, 3.63) is 5.89 Å². The van der Waals surface area contributed by atoms with Gasteiger partial charge in [0.15, 0.2) is 0 Å². The first-order valence-corrected chi connectivity index (χ1v) is 5.48. The van der Waals surface area contributed by atoms with Crippen molar-refractivity contribution in [2.24, 2.45) is 5.92 Å². The molecular weight excluding hydrogens is 202 g/mol. The van der Waals surface area contributed by atoms with Gasteiger partial charge in [0.2, 0.25) is 5.89 Å². The van der Waals surface area contributed by atoms with E-state index < -0.39 is 0 Å². The predicted molar refractivity (Wildman–Crippen MR) is 54.5 cm³/mol. The fraction of sp³-hybridized carbons (Fsp3) is 0.778. The fourth-order valence-electron chi connectivity index (χ4n) is 1.53. The monoisotopic (exact) mass is 215 g/mol. The van der Waals surface area contributed by atoms with Crippen LogP contribution in [-0.2, 0) is 6.42 Å². The zero-order valence-electron chi connectivity index (χ0n) is 8.16. The Balaban J connectivity index is 1.89. The summed E-state index contributed by atoms with van der Waals surface area (Å²) in [4.78, 5) is 0. The molecule has 0 amide bonds. The van der Waals surface area contributed by atoms with Gasteiger partial charge in [0.1, 0.15) is 0 Å². The summed E-state index contributed by atoms with van der Waals surface area (Å²) in [6, 6.07) is 1.03. The van der Waals surface area contributed by atoms with Gasteiger partial charge in [-0.25, -0.2) is 0 Å². The highest BCUT2D eigenvalue weighted by molar-refractivity contribution is 6.17. The van der Waals surface area contributed by atoms with Gasteiger partial charge in [-0.2, -0.15) is 0 Å². The van der Waals surface area contributed by atoms with Crippen LogP contribution in [0.1, 0.15) is 25.7 Å². The smallest absolute Gasteiger partial charge is 0.315 e. The SMILES string of the molecule is CC1CCC1Nc1nnc(CCCl)o1. The van der Waals surface area contributed by atoms with Crippen LogP contribution in [0.2, 0.25) is 0 Å². The third kappa shape index (κ3) is 2.00. The van der Waals surface area contributed by atoms with Crippen LogP contribution in [0.5, 0.6) is 0 Å². The lowest BCUT2D eigenvalue weighted by Crippen LogP contribution is -2.36. The Bertz CT molecular complexity index is 302. The van der Waals surface area contributed by atoms with Crippen molar-refractivity contribution in [2.75, 3.05) is 11.2 Å². The highest BCUT2D eigenvalue weighted by atomic mass is 35.5. The van der Waals surface area contributed by atoms with Crippen LogP contribution in [0.3, 0.4) is 0 Å². The van der Waals surface area contributed by atoms with E-state index in [1.807, 2.05) is 0 Å². The zero-order chi connectivity index (χ0) is 9.97. The number of hydrogen-bond acceptors (Lipinski definition) is 4. The molecule has 2 atom stereocenters. The third-order valence-electron chi connectivity index (χ3n) is 2.70. The molecule has 0 aromatic carbocycles. The van der Waals surface area contributed by atoms with E-state index in [0.717, 1.165) is 0 Å². The van der Waals surface area contributed by atoms with Gasteiger partial charge >= 0.3 is 6.01 Å². The van der Waals surface area contributed by atoms with Gasteiger partial charge in [-0.3, -0.25) is 0 Å². The average Bonchev–Trinajstić information content (AvgIpc) is 2.61. The highest BCUT2D eigenvalue weighted by Crippen LogP contribution is 2.29. The normalized spacial score (nSPS) is 25.9. The minimum absolute atomic E-state index is 0.499. The predicted octanol–water partition coefficient (Wildman–Crippen LogP) is 2.06. The Labute approximate surface area is 88.0 Å². The summed E-state index contributed by atoms with van der Waals surface area (Å²) in [5, 5.41) is 11.0. The van der Waals surface area contributed by atoms with Crippen LogP contribution in [0, 0.1) is 5.92 Å². The molecule has 0 saturated heterocycles. The van der Waals surface area contributed by atoms with E-state index >= 15 is 0 Å². The molecule has 2 unspecified atom stereocenters. The molecule has 1 heterocycles. The first-order valence-electron chi connectivity index (χ1n) is 4.94. The molecular formula is C9H14ClN3O. The van der Waals surface area contributed by atoms with Crippen molar-refractivity contribution in [2.45, 2.75) is 32.2 Å². The van der Waals surface area contributed by atoms with Crippen molar-refractivity contribution in [3.8, 4) is 0 Å². The van der Waals surface area contributed by atoms with Gasteiger partial charge in [-0.15, -0.1) is 16.7 Å². The average molecular weight is 216 g/mol. The maximum atomic E-state index is 5.56. The second-order valence-corrected chi connectivity index (χ2v) is 4.12. The molecule has 0 radical (unpaired) electrons. The first-order chi connectivity index (χ1) is 6.79. The summed E-state index contributed by atoms with van der Waals surface area (Å²) in [7, 11) is 0. The molecule has 4 nitrogen and oxygen atoms in total. The Morgan fingerprint density at radius 2 is 2.36 bits per heavy atom. The number of alkyl halides is 1. The minimum atomic E-state index is 0.499. The molecule has 1 aromatic heterocycles. The minimum Gasteiger partial charge on any atom is -0.408 e. The van der Waals surface area contributed by atoms with Gasteiger partial charge in [0, 0.05) is 18.3 Å². The Morgan fingerprint density at radius 3 is 2.93 bits per heavy atom. The molecule has 0 spiro atoms. The van der Waals surface area contributed by atoms with E-state index in [2.05, 4.69) is 22.4 Å². The molecule has 78 valence electrons. The standard InChI is InChI=1S/C9H14ClN3O/c1-6-2-3-7(6)11-9-13-12-8(14-9)4-5-10/h6-7H,2-5H2,1H3,(H,11,13). The zero-order valence-corrected chi connectivity index (χ0v) is 8.92. The van der Waals surface area contributed by atoms with Crippen molar-refractivity contribution < 1.29 is 4.42 Å². The maximum Gasteiger partial charge on any atom is 0.315 e. The van der Waals surface area contributed by atoms with Crippen molar-refractivity contribution in [1.29, 1.82) is 0 Å². The first kappa shape index (κ1) is 9.77. The van der Waals surface area contributed by atoms with E-state index in [-0.39, 0.29) is 0 Å². The molecule has 1 aliphatic carbocycles. The summed E-state index contributed by atoms with van der Waals surface area (Å²) < 4.78 is 5.36. The summed E-state index contributed by atoms with van der Waals surface area (Å²) in [6.45, 7) is 2.22. The topological polar surface area (TPSA) is 51.0 Å². The van der Waals surface area contributed by atoms with Crippen LogP contribution >= 0.6 is 11.6 Å². The number of anilines is 1. The van der Waals surface area contributed by atoms with E-state index in [9.17, 15) is 0 Å². The Hall–Kier alpha value is -0.770. The quantitative estimate of drug-likeness (QED) is 0.782. The van der Waals surface area contributed by atoms with E-state index in [0.29, 0.717) is 36.2 Å². The van der Waals surface area contributed by atoms with Gasteiger partial charge in [-0.1, -0.05) is 12.0 Å². The van der Waals surface area contributed by atoms with E-state index in [1.165, 1.54) is 12.8 Å². The lowest BCUT2D eigenvalue weighted by atomic mass is 9.81. The Morgan fingerprint density at radius 1 is 1.50 bits per heavy atom. The van der Waals surface area contributed by atoms with Crippen LogP contribution in [-0.4, -0.2) is 22.1 Å². The summed E-state index contributed by atoms with van der Waals surface area (Å²) >= 11 is 5.56.